The minimum Gasteiger partial charge on any atom is -0.494 e. The molecule has 25 heavy (non-hydrogen) atoms. The molecule has 1 heterocycles. The number of rotatable bonds is 4. The fourth-order valence-corrected chi connectivity index (χ4v) is 3.48. The second-order valence-corrected chi connectivity index (χ2v) is 6.79. The zero-order valence-electron chi connectivity index (χ0n) is 13.8. The Hall–Kier alpha value is -2.51. The Balaban J connectivity index is 1.63. The topological polar surface area (TPSA) is 63.2 Å². The van der Waals surface area contributed by atoms with Crippen molar-refractivity contribution in [1.29, 1.82) is 0 Å². The molecular formula is C18H17N3O2S2. The average Bonchev–Trinajstić information content (AvgIpc) is 2.96. The third-order valence-corrected chi connectivity index (χ3v) is 4.56. The molecule has 1 amide bonds. The second kappa shape index (κ2) is 7.58. The minimum absolute atomic E-state index is 0.217. The first-order valence-corrected chi connectivity index (χ1v) is 9.00. The van der Waals surface area contributed by atoms with Crippen molar-refractivity contribution >= 4 is 49.9 Å². The maximum absolute atomic E-state index is 12.2. The first-order chi connectivity index (χ1) is 12.0. The maximum Gasteiger partial charge on any atom is 0.257 e. The van der Waals surface area contributed by atoms with Crippen LogP contribution < -0.4 is 15.4 Å². The molecular weight excluding hydrogens is 354 g/mol. The van der Waals surface area contributed by atoms with Gasteiger partial charge in [-0.05, 0) is 68.0 Å². The van der Waals surface area contributed by atoms with E-state index in [1.165, 1.54) is 16.9 Å². The van der Waals surface area contributed by atoms with Crippen LogP contribution >= 0.6 is 23.6 Å². The summed E-state index contributed by atoms with van der Waals surface area (Å²) >= 11 is 6.70. The fourth-order valence-electron chi connectivity index (χ4n) is 2.26. The maximum atomic E-state index is 12.2. The summed E-state index contributed by atoms with van der Waals surface area (Å²) < 4.78 is 6.43. The number of carbonyl (C=O) groups is 1. The first-order valence-electron chi connectivity index (χ1n) is 7.77. The molecule has 0 spiro atoms. The SMILES string of the molecule is CCOc1ccc(C(=O)NC(=S)Nc2nc3ccc(C)cc3s2)cc1. The quantitative estimate of drug-likeness (QED) is 0.675. The van der Waals surface area contributed by atoms with Gasteiger partial charge in [-0.1, -0.05) is 17.4 Å². The summed E-state index contributed by atoms with van der Waals surface area (Å²) in [7, 11) is 0. The summed E-state index contributed by atoms with van der Waals surface area (Å²) in [4.78, 5) is 16.7. The number of aromatic nitrogens is 1. The summed E-state index contributed by atoms with van der Waals surface area (Å²) in [5, 5.41) is 6.49. The van der Waals surface area contributed by atoms with Crippen molar-refractivity contribution in [2.24, 2.45) is 0 Å². The van der Waals surface area contributed by atoms with E-state index in [-0.39, 0.29) is 11.0 Å². The van der Waals surface area contributed by atoms with Gasteiger partial charge < -0.3 is 10.1 Å². The van der Waals surface area contributed by atoms with Gasteiger partial charge in [-0.2, -0.15) is 0 Å². The number of aryl methyl sites for hydroxylation is 1. The lowest BCUT2D eigenvalue weighted by atomic mass is 10.2. The van der Waals surface area contributed by atoms with Gasteiger partial charge in [-0.3, -0.25) is 10.1 Å². The zero-order valence-corrected chi connectivity index (χ0v) is 15.5. The van der Waals surface area contributed by atoms with E-state index in [4.69, 9.17) is 17.0 Å². The van der Waals surface area contributed by atoms with E-state index < -0.39 is 0 Å². The normalized spacial score (nSPS) is 10.5. The number of anilines is 1. The van der Waals surface area contributed by atoms with Crippen molar-refractivity contribution in [2.45, 2.75) is 13.8 Å². The highest BCUT2D eigenvalue weighted by Gasteiger charge is 2.10. The molecule has 1 aromatic heterocycles. The van der Waals surface area contributed by atoms with Crippen LogP contribution in [0.4, 0.5) is 5.13 Å². The van der Waals surface area contributed by atoms with Crippen LogP contribution in [-0.2, 0) is 0 Å². The summed E-state index contributed by atoms with van der Waals surface area (Å²) in [5.74, 6) is 0.446. The molecule has 128 valence electrons. The van der Waals surface area contributed by atoms with Crippen molar-refractivity contribution in [1.82, 2.24) is 10.3 Å². The van der Waals surface area contributed by atoms with Gasteiger partial charge >= 0.3 is 0 Å². The third-order valence-electron chi connectivity index (χ3n) is 3.42. The summed E-state index contributed by atoms with van der Waals surface area (Å²) in [6.07, 6.45) is 0. The van der Waals surface area contributed by atoms with Gasteiger partial charge in [0.25, 0.3) is 5.91 Å². The lowest BCUT2D eigenvalue weighted by Crippen LogP contribution is -2.34. The molecule has 0 bridgehead atoms. The van der Waals surface area contributed by atoms with Crippen molar-refractivity contribution in [3.05, 3.63) is 53.6 Å². The molecule has 2 N–H and O–H groups in total. The lowest BCUT2D eigenvalue weighted by Gasteiger charge is -2.08. The van der Waals surface area contributed by atoms with Gasteiger partial charge in [0, 0.05) is 5.56 Å². The van der Waals surface area contributed by atoms with Gasteiger partial charge in [-0.15, -0.1) is 0 Å². The molecule has 0 saturated carbocycles. The summed E-state index contributed by atoms with van der Waals surface area (Å²) in [5.41, 5.74) is 2.58. The summed E-state index contributed by atoms with van der Waals surface area (Å²) in [6.45, 7) is 4.53. The summed E-state index contributed by atoms with van der Waals surface area (Å²) in [6, 6.07) is 13.0. The van der Waals surface area contributed by atoms with Crippen molar-refractivity contribution in [3.8, 4) is 5.75 Å². The fraction of sp³-hybridized carbons (Fsp3) is 0.167. The van der Waals surface area contributed by atoms with Crippen molar-refractivity contribution in [2.75, 3.05) is 11.9 Å². The molecule has 0 radical (unpaired) electrons. The van der Waals surface area contributed by atoms with E-state index in [1.54, 1.807) is 24.3 Å². The first kappa shape index (κ1) is 17.3. The molecule has 5 nitrogen and oxygen atoms in total. The standard InChI is InChI=1S/C18H17N3O2S2/c1-3-23-13-7-5-12(6-8-13)16(22)20-17(24)21-18-19-14-9-4-11(2)10-15(14)25-18/h4-10H,3H2,1-2H3,(H2,19,20,21,22,24). The second-order valence-electron chi connectivity index (χ2n) is 5.36. The van der Waals surface area contributed by atoms with Crippen LogP contribution in [-0.4, -0.2) is 22.6 Å². The Morgan fingerprint density at radius 1 is 1.24 bits per heavy atom. The highest BCUT2D eigenvalue weighted by atomic mass is 32.1. The zero-order chi connectivity index (χ0) is 17.8. The number of thiocarbonyl (C=S) groups is 1. The van der Waals surface area contributed by atoms with Crippen LogP contribution in [0.3, 0.4) is 0 Å². The molecule has 2 aromatic carbocycles. The van der Waals surface area contributed by atoms with Crippen LogP contribution in [0, 0.1) is 6.92 Å². The smallest absolute Gasteiger partial charge is 0.257 e. The van der Waals surface area contributed by atoms with Gasteiger partial charge in [0.05, 0.1) is 16.8 Å². The molecule has 0 aliphatic carbocycles. The van der Waals surface area contributed by atoms with Gasteiger partial charge in [-0.25, -0.2) is 4.98 Å². The molecule has 0 saturated heterocycles. The van der Waals surface area contributed by atoms with Gasteiger partial charge in [0.15, 0.2) is 10.2 Å². The van der Waals surface area contributed by atoms with E-state index in [1.807, 2.05) is 26.0 Å². The van der Waals surface area contributed by atoms with Crippen LogP contribution in [0.1, 0.15) is 22.8 Å². The highest BCUT2D eigenvalue weighted by molar-refractivity contribution is 7.80. The van der Waals surface area contributed by atoms with Crippen LogP contribution in [0.15, 0.2) is 42.5 Å². The number of ether oxygens (including phenoxy) is 1. The molecule has 3 aromatic rings. The molecule has 0 aliphatic heterocycles. The predicted molar refractivity (Wildman–Crippen MR) is 106 cm³/mol. The Bertz CT molecular complexity index is 920. The molecule has 0 atom stereocenters. The number of hydrogen-bond acceptors (Lipinski definition) is 5. The predicted octanol–water partition coefficient (Wildman–Crippen LogP) is 4.13. The molecule has 0 aliphatic rings. The van der Waals surface area contributed by atoms with Gasteiger partial charge in [0.1, 0.15) is 5.75 Å². The van der Waals surface area contributed by atoms with E-state index in [0.717, 1.165) is 16.0 Å². The largest absolute Gasteiger partial charge is 0.494 e. The van der Waals surface area contributed by atoms with Crippen molar-refractivity contribution < 1.29 is 9.53 Å². The van der Waals surface area contributed by atoms with E-state index >= 15 is 0 Å². The third kappa shape index (κ3) is 4.32. The number of nitrogens with one attached hydrogen (secondary N) is 2. The number of hydrogen-bond donors (Lipinski definition) is 2. The van der Waals surface area contributed by atoms with E-state index in [2.05, 4.69) is 21.7 Å². The van der Waals surface area contributed by atoms with Gasteiger partial charge in [0.2, 0.25) is 0 Å². The minimum atomic E-state index is -0.280. The number of amides is 1. The highest BCUT2D eigenvalue weighted by Crippen LogP contribution is 2.26. The molecule has 7 heteroatoms. The van der Waals surface area contributed by atoms with E-state index in [0.29, 0.717) is 17.3 Å². The number of carbonyl (C=O) groups excluding carboxylic acids is 1. The van der Waals surface area contributed by atoms with Crippen molar-refractivity contribution in [3.63, 3.8) is 0 Å². The van der Waals surface area contributed by atoms with E-state index in [9.17, 15) is 4.79 Å². The number of nitrogens with zero attached hydrogens (tertiary/aromatic N) is 1. The van der Waals surface area contributed by atoms with Crippen LogP contribution in [0.25, 0.3) is 10.2 Å². The van der Waals surface area contributed by atoms with Crippen LogP contribution in [0.5, 0.6) is 5.75 Å². The Morgan fingerprint density at radius 2 is 2.00 bits per heavy atom. The molecule has 0 fully saturated rings. The Labute approximate surface area is 155 Å². The van der Waals surface area contributed by atoms with Crippen LogP contribution in [0.2, 0.25) is 0 Å². The Kier molecular flexibility index (Phi) is 5.25. The monoisotopic (exact) mass is 371 g/mol. The number of benzene rings is 2. The Morgan fingerprint density at radius 3 is 2.72 bits per heavy atom. The number of thiazole rings is 1. The lowest BCUT2D eigenvalue weighted by molar-refractivity contribution is 0.0977. The number of fused-ring (bicyclic) bond motifs is 1. The molecule has 0 unspecified atom stereocenters. The molecule has 3 rings (SSSR count). The average molecular weight is 371 g/mol.